The number of hydrazine groups is 1. The molecule has 0 atom stereocenters. The van der Waals surface area contributed by atoms with Crippen LogP contribution in [-0.2, 0) is 4.74 Å². The van der Waals surface area contributed by atoms with E-state index in [-0.39, 0.29) is 11.8 Å². The van der Waals surface area contributed by atoms with Gasteiger partial charge in [-0.05, 0) is 67.1 Å². The normalized spacial score (nSPS) is 13.6. The summed E-state index contributed by atoms with van der Waals surface area (Å²) < 4.78 is 5.51. The maximum atomic E-state index is 13.8. The molecule has 1 aliphatic heterocycles. The standard InChI is InChI=1S/C30H27ClN4O3/c1-21-10-11-22(30(37)35(26-8-3-2-4-9-26)34-14-16-38-17-15-34)18-27(21)28-13-12-23(20-32-28)29(36)33-25-7-5-6-24(31)19-25/h2-13,18-20H,14-17H2,1H3,(H,33,36). The molecule has 0 spiro atoms. The van der Waals surface area contributed by atoms with Gasteiger partial charge < -0.3 is 10.1 Å². The molecule has 0 bridgehead atoms. The number of aryl methyl sites for hydroxylation is 1. The number of nitrogens with one attached hydrogen (secondary N) is 1. The van der Waals surface area contributed by atoms with Crippen molar-refractivity contribution in [3.63, 3.8) is 0 Å². The van der Waals surface area contributed by atoms with Crippen molar-refractivity contribution in [2.45, 2.75) is 6.92 Å². The Kier molecular flexibility index (Phi) is 7.79. The highest BCUT2D eigenvalue weighted by Gasteiger charge is 2.26. The van der Waals surface area contributed by atoms with Crippen molar-refractivity contribution >= 4 is 34.8 Å². The number of benzene rings is 3. The van der Waals surface area contributed by atoms with Gasteiger partial charge in [0.2, 0.25) is 0 Å². The predicted octanol–water partition coefficient (Wildman–Crippen LogP) is 5.86. The van der Waals surface area contributed by atoms with E-state index in [1.165, 1.54) is 6.20 Å². The number of rotatable bonds is 6. The van der Waals surface area contributed by atoms with Crippen LogP contribution < -0.4 is 10.3 Å². The van der Waals surface area contributed by atoms with Crippen molar-refractivity contribution in [1.29, 1.82) is 0 Å². The Labute approximate surface area is 226 Å². The molecule has 38 heavy (non-hydrogen) atoms. The van der Waals surface area contributed by atoms with E-state index in [1.54, 1.807) is 41.4 Å². The Balaban J connectivity index is 1.40. The van der Waals surface area contributed by atoms with E-state index in [4.69, 9.17) is 16.3 Å². The van der Waals surface area contributed by atoms with Crippen LogP contribution >= 0.6 is 11.6 Å². The molecule has 8 heteroatoms. The lowest BCUT2D eigenvalue weighted by Gasteiger charge is -2.37. The van der Waals surface area contributed by atoms with Crippen LogP contribution in [0.1, 0.15) is 26.3 Å². The fourth-order valence-corrected chi connectivity index (χ4v) is 4.53. The second-order valence-electron chi connectivity index (χ2n) is 8.94. The van der Waals surface area contributed by atoms with Gasteiger partial charge in [0.25, 0.3) is 11.8 Å². The Morgan fingerprint density at radius 3 is 2.39 bits per heavy atom. The number of aromatic nitrogens is 1. The van der Waals surface area contributed by atoms with Crippen LogP contribution in [0, 0.1) is 6.92 Å². The summed E-state index contributed by atoms with van der Waals surface area (Å²) in [6.07, 6.45) is 1.53. The number of para-hydroxylation sites is 1. The van der Waals surface area contributed by atoms with Crippen LogP contribution in [0.5, 0.6) is 0 Å². The minimum atomic E-state index is -0.281. The highest BCUT2D eigenvalue weighted by atomic mass is 35.5. The van der Waals surface area contributed by atoms with Gasteiger partial charge in [0.1, 0.15) is 0 Å². The Bertz CT molecular complexity index is 1440. The molecule has 0 unspecified atom stereocenters. The van der Waals surface area contributed by atoms with E-state index in [0.29, 0.717) is 53.8 Å². The first-order chi connectivity index (χ1) is 18.5. The lowest BCUT2D eigenvalue weighted by Crippen LogP contribution is -2.52. The van der Waals surface area contributed by atoms with Crippen LogP contribution in [0.25, 0.3) is 11.3 Å². The summed E-state index contributed by atoms with van der Waals surface area (Å²) in [6, 6.07) is 25.7. The highest BCUT2D eigenvalue weighted by molar-refractivity contribution is 6.31. The fourth-order valence-electron chi connectivity index (χ4n) is 4.34. The average Bonchev–Trinajstić information content (AvgIpc) is 2.95. The second-order valence-corrected chi connectivity index (χ2v) is 9.38. The molecular weight excluding hydrogens is 500 g/mol. The molecule has 3 aromatic carbocycles. The number of ether oxygens (including phenoxy) is 1. The van der Waals surface area contributed by atoms with E-state index in [9.17, 15) is 9.59 Å². The van der Waals surface area contributed by atoms with Gasteiger partial charge >= 0.3 is 0 Å². The minimum absolute atomic E-state index is 0.128. The summed E-state index contributed by atoms with van der Waals surface area (Å²) >= 11 is 6.01. The van der Waals surface area contributed by atoms with Gasteiger partial charge in [-0.15, -0.1) is 0 Å². The summed E-state index contributed by atoms with van der Waals surface area (Å²) in [4.78, 5) is 31.1. The van der Waals surface area contributed by atoms with Crippen molar-refractivity contribution in [3.05, 3.63) is 113 Å². The predicted molar refractivity (Wildman–Crippen MR) is 149 cm³/mol. The Hall–Kier alpha value is -4.04. The summed E-state index contributed by atoms with van der Waals surface area (Å²) in [7, 11) is 0. The van der Waals surface area contributed by atoms with Gasteiger partial charge in [-0.2, -0.15) is 0 Å². The number of morpholine rings is 1. The van der Waals surface area contributed by atoms with Gasteiger partial charge in [0, 0.05) is 41.1 Å². The molecule has 2 heterocycles. The first kappa shape index (κ1) is 25.6. The highest BCUT2D eigenvalue weighted by Crippen LogP contribution is 2.26. The van der Waals surface area contributed by atoms with Crippen molar-refractivity contribution in [2.75, 3.05) is 36.6 Å². The number of anilines is 2. The van der Waals surface area contributed by atoms with E-state index in [2.05, 4.69) is 10.3 Å². The smallest absolute Gasteiger partial charge is 0.272 e. The lowest BCUT2D eigenvalue weighted by atomic mass is 10.0. The van der Waals surface area contributed by atoms with E-state index in [1.807, 2.05) is 60.5 Å². The number of nitrogens with zero attached hydrogens (tertiary/aromatic N) is 3. The molecule has 1 aromatic heterocycles. The van der Waals surface area contributed by atoms with Gasteiger partial charge in [-0.3, -0.25) is 14.6 Å². The minimum Gasteiger partial charge on any atom is -0.379 e. The molecular formula is C30H27ClN4O3. The number of pyridine rings is 1. The summed E-state index contributed by atoms with van der Waals surface area (Å²) in [6.45, 7) is 4.36. The molecule has 4 aromatic rings. The largest absolute Gasteiger partial charge is 0.379 e. The fraction of sp³-hybridized carbons (Fsp3) is 0.167. The Morgan fingerprint density at radius 1 is 0.921 bits per heavy atom. The molecule has 0 saturated carbocycles. The van der Waals surface area contributed by atoms with Crippen molar-refractivity contribution in [2.24, 2.45) is 0 Å². The van der Waals surface area contributed by atoms with Crippen LogP contribution in [0.4, 0.5) is 11.4 Å². The molecule has 1 saturated heterocycles. The van der Waals surface area contributed by atoms with Crippen LogP contribution in [0.15, 0.2) is 91.1 Å². The Morgan fingerprint density at radius 2 is 1.68 bits per heavy atom. The molecule has 1 aliphatic rings. The lowest BCUT2D eigenvalue weighted by molar-refractivity contribution is 0.0300. The van der Waals surface area contributed by atoms with Gasteiger partial charge in [-0.25, -0.2) is 10.0 Å². The summed E-state index contributed by atoms with van der Waals surface area (Å²) in [5, 5.41) is 7.12. The van der Waals surface area contributed by atoms with E-state index < -0.39 is 0 Å². The number of carbonyl (C=O) groups excluding carboxylic acids is 2. The third kappa shape index (κ3) is 5.75. The van der Waals surface area contributed by atoms with Crippen LogP contribution in [-0.4, -0.2) is 48.1 Å². The molecule has 1 fully saturated rings. The maximum Gasteiger partial charge on any atom is 0.272 e. The molecule has 1 N–H and O–H groups in total. The van der Waals surface area contributed by atoms with Gasteiger partial charge in [0.15, 0.2) is 0 Å². The molecule has 192 valence electrons. The SMILES string of the molecule is Cc1ccc(C(=O)N(c2ccccc2)N2CCOCC2)cc1-c1ccc(C(=O)Nc2cccc(Cl)c2)cn1. The van der Waals surface area contributed by atoms with Crippen LogP contribution in [0.2, 0.25) is 5.02 Å². The molecule has 0 radical (unpaired) electrons. The molecule has 7 nitrogen and oxygen atoms in total. The number of hydrogen-bond acceptors (Lipinski definition) is 5. The topological polar surface area (TPSA) is 74.8 Å². The average molecular weight is 527 g/mol. The number of carbonyl (C=O) groups is 2. The zero-order valence-electron chi connectivity index (χ0n) is 20.9. The number of hydrogen-bond donors (Lipinski definition) is 1. The summed E-state index contributed by atoms with van der Waals surface area (Å²) in [5.41, 5.74) is 4.85. The zero-order valence-corrected chi connectivity index (χ0v) is 21.7. The molecule has 0 aliphatic carbocycles. The van der Waals surface area contributed by atoms with Crippen LogP contribution in [0.3, 0.4) is 0 Å². The first-order valence-corrected chi connectivity index (χ1v) is 12.7. The second kappa shape index (κ2) is 11.6. The third-order valence-electron chi connectivity index (χ3n) is 6.33. The maximum absolute atomic E-state index is 13.8. The number of halogens is 1. The van der Waals surface area contributed by atoms with Gasteiger partial charge in [0.05, 0.1) is 30.2 Å². The monoisotopic (exact) mass is 526 g/mol. The number of amides is 2. The quantitative estimate of drug-likeness (QED) is 0.341. The third-order valence-corrected chi connectivity index (χ3v) is 6.57. The molecule has 5 rings (SSSR count). The van der Waals surface area contributed by atoms with E-state index in [0.717, 1.165) is 16.8 Å². The van der Waals surface area contributed by atoms with Crippen molar-refractivity contribution in [3.8, 4) is 11.3 Å². The van der Waals surface area contributed by atoms with Crippen molar-refractivity contribution in [1.82, 2.24) is 9.99 Å². The first-order valence-electron chi connectivity index (χ1n) is 12.4. The van der Waals surface area contributed by atoms with Crippen molar-refractivity contribution < 1.29 is 14.3 Å². The molecule has 2 amide bonds. The summed E-state index contributed by atoms with van der Waals surface area (Å²) in [5.74, 6) is -0.409. The zero-order chi connectivity index (χ0) is 26.5. The van der Waals surface area contributed by atoms with E-state index >= 15 is 0 Å². The van der Waals surface area contributed by atoms with Gasteiger partial charge in [-0.1, -0.05) is 41.9 Å².